The summed E-state index contributed by atoms with van der Waals surface area (Å²) in [6.45, 7) is 2.73. The lowest BCUT2D eigenvalue weighted by atomic mass is 10.1. The molecule has 5 nitrogen and oxygen atoms in total. The van der Waals surface area contributed by atoms with E-state index in [0.29, 0.717) is 19.1 Å². The number of amides is 1. The molecule has 1 aliphatic heterocycles. The van der Waals surface area contributed by atoms with E-state index in [-0.39, 0.29) is 12.0 Å². The van der Waals surface area contributed by atoms with Crippen molar-refractivity contribution in [2.45, 2.75) is 57.2 Å². The Morgan fingerprint density at radius 1 is 1.25 bits per heavy atom. The lowest BCUT2D eigenvalue weighted by Crippen LogP contribution is -2.45. The Labute approximate surface area is 143 Å². The summed E-state index contributed by atoms with van der Waals surface area (Å²) in [5.41, 5.74) is 0. The van der Waals surface area contributed by atoms with E-state index in [9.17, 15) is 4.79 Å². The predicted molar refractivity (Wildman–Crippen MR) is 90.3 cm³/mol. The van der Waals surface area contributed by atoms with Gasteiger partial charge in [0.1, 0.15) is 5.76 Å². The lowest BCUT2D eigenvalue weighted by molar-refractivity contribution is -0.123. The van der Waals surface area contributed by atoms with Gasteiger partial charge in [-0.15, -0.1) is 0 Å². The van der Waals surface area contributed by atoms with E-state index in [4.69, 9.17) is 9.15 Å². The molecule has 1 atom stereocenters. The van der Waals surface area contributed by atoms with Gasteiger partial charge in [-0.05, 0) is 62.5 Å². The first kappa shape index (κ1) is 16.2. The molecule has 1 amide bonds. The molecule has 2 heterocycles. The molecule has 1 unspecified atom stereocenters. The monoisotopic (exact) mass is 332 g/mol. The zero-order valence-corrected chi connectivity index (χ0v) is 14.3. The second-order valence-electron chi connectivity index (χ2n) is 7.65. The van der Waals surface area contributed by atoms with Gasteiger partial charge in [0.2, 0.25) is 5.91 Å². The van der Waals surface area contributed by atoms with Crippen LogP contribution in [-0.2, 0) is 16.1 Å². The van der Waals surface area contributed by atoms with E-state index >= 15 is 0 Å². The Bertz CT molecular complexity index is 519. The molecule has 3 fully saturated rings. The third-order valence-electron chi connectivity index (χ3n) is 5.40. The summed E-state index contributed by atoms with van der Waals surface area (Å²) in [6, 6.07) is 4.29. The van der Waals surface area contributed by atoms with Crippen molar-refractivity contribution in [1.82, 2.24) is 10.2 Å². The number of carbonyl (C=O) groups excluding carboxylic acids is 1. The largest absolute Gasteiger partial charge is 0.468 e. The van der Waals surface area contributed by atoms with E-state index in [0.717, 1.165) is 43.6 Å². The minimum Gasteiger partial charge on any atom is -0.468 e. The molecule has 0 spiro atoms. The summed E-state index contributed by atoms with van der Waals surface area (Å²) in [6.07, 6.45) is 9.29. The molecule has 1 saturated heterocycles. The van der Waals surface area contributed by atoms with Gasteiger partial charge in [0.05, 0.1) is 25.5 Å². The fourth-order valence-corrected chi connectivity index (χ4v) is 3.85. The maximum atomic E-state index is 12.6. The van der Waals surface area contributed by atoms with Gasteiger partial charge in [0, 0.05) is 19.2 Å². The molecule has 132 valence electrons. The standard InChI is InChI=1S/C19H28N2O3/c22-18(20-19(14-5-6-14)15-7-8-15)13-21(11-16-3-1-9-23-16)12-17-4-2-10-24-17/h1,3,9,14-15,17,19H,2,4-8,10-13H2,(H,20,22). The van der Waals surface area contributed by atoms with Crippen molar-refractivity contribution in [2.24, 2.45) is 11.8 Å². The van der Waals surface area contributed by atoms with Gasteiger partial charge < -0.3 is 14.5 Å². The van der Waals surface area contributed by atoms with Crippen LogP contribution in [0.15, 0.2) is 22.8 Å². The van der Waals surface area contributed by atoms with Crippen LogP contribution < -0.4 is 5.32 Å². The highest BCUT2D eigenvalue weighted by Crippen LogP contribution is 2.44. The number of ether oxygens (including phenoxy) is 1. The van der Waals surface area contributed by atoms with Crippen molar-refractivity contribution in [3.8, 4) is 0 Å². The van der Waals surface area contributed by atoms with Crippen LogP contribution in [0.5, 0.6) is 0 Å². The first-order valence-electron chi connectivity index (χ1n) is 9.43. The van der Waals surface area contributed by atoms with Crippen molar-refractivity contribution in [1.29, 1.82) is 0 Å². The van der Waals surface area contributed by atoms with Gasteiger partial charge in [0.25, 0.3) is 0 Å². The third kappa shape index (κ3) is 4.39. The molecule has 2 aliphatic carbocycles. The maximum absolute atomic E-state index is 12.6. The lowest BCUT2D eigenvalue weighted by Gasteiger charge is -2.25. The van der Waals surface area contributed by atoms with Crippen LogP contribution in [0.25, 0.3) is 0 Å². The maximum Gasteiger partial charge on any atom is 0.234 e. The van der Waals surface area contributed by atoms with Crippen LogP contribution in [0.2, 0.25) is 0 Å². The smallest absolute Gasteiger partial charge is 0.234 e. The molecule has 0 radical (unpaired) electrons. The summed E-state index contributed by atoms with van der Waals surface area (Å²) < 4.78 is 11.2. The molecule has 4 rings (SSSR count). The van der Waals surface area contributed by atoms with E-state index in [1.54, 1.807) is 6.26 Å². The van der Waals surface area contributed by atoms with Crippen molar-refractivity contribution < 1.29 is 13.9 Å². The zero-order chi connectivity index (χ0) is 16.4. The fourth-order valence-electron chi connectivity index (χ4n) is 3.85. The molecule has 1 aromatic rings. The SMILES string of the molecule is O=C(CN(Cc1ccco1)CC1CCCO1)NC(C1CC1)C1CC1. The van der Waals surface area contributed by atoms with E-state index in [1.165, 1.54) is 25.7 Å². The van der Waals surface area contributed by atoms with E-state index in [2.05, 4.69) is 10.2 Å². The average molecular weight is 332 g/mol. The van der Waals surface area contributed by atoms with Gasteiger partial charge in [0.15, 0.2) is 0 Å². The van der Waals surface area contributed by atoms with Crippen LogP contribution in [-0.4, -0.2) is 42.6 Å². The highest BCUT2D eigenvalue weighted by Gasteiger charge is 2.42. The van der Waals surface area contributed by atoms with Crippen LogP contribution in [0.3, 0.4) is 0 Å². The highest BCUT2D eigenvalue weighted by atomic mass is 16.5. The number of hydrogen-bond acceptors (Lipinski definition) is 4. The first-order valence-corrected chi connectivity index (χ1v) is 9.43. The highest BCUT2D eigenvalue weighted by molar-refractivity contribution is 5.78. The Morgan fingerprint density at radius 3 is 2.62 bits per heavy atom. The topological polar surface area (TPSA) is 54.7 Å². The summed E-state index contributed by atoms with van der Waals surface area (Å²) in [7, 11) is 0. The molecule has 1 N–H and O–H groups in total. The van der Waals surface area contributed by atoms with Crippen LogP contribution in [0.1, 0.15) is 44.3 Å². The number of rotatable bonds is 9. The van der Waals surface area contributed by atoms with Gasteiger partial charge in [-0.25, -0.2) is 0 Å². The van der Waals surface area contributed by atoms with Gasteiger partial charge in [-0.2, -0.15) is 0 Å². The van der Waals surface area contributed by atoms with Crippen molar-refractivity contribution in [3.05, 3.63) is 24.2 Å². The number of furan rings is 1. The molecule has 24 heavy (non-hydrogen) atoms. The molecule has 5 heteroatoms. The zero-order valence-electron chi connectivity index (χ0n) is 14.3. The molecular weight excluding hydrogens is 304 g/mol. The Kier molecular flexibility index (Phi) is 4.90. The Morgan fingerprint density at radius 2 is 2.04 bits per heavy atom. The summed E-state index contributed by atoms with van der Waals surface area (Å²) >= 11 is 0. The molecule has 0 bridgehead atoms. The summed E-state index contributed by atoms with van der Waals surface area (Å²) in [4.78, 5) is 14.8. The molecule has 2 saturated carbocycles. The van der Waals surface area contributed by atoms with Crippen molar-refractivity contribution in [3.63, 3.8) is 0 Å². The number of nitrogens with one attached hydrogen (secondary N) is 1. The van der Waals surface area contributed by atoms with Gasteiger partial charge in [-0.1, -0.05) is 0 Å². The Balaban J connectivity index is 1.33. The quantitative estimate of drug-likeness (QED) is 0.755. The van der Waals surface area contributed by atoms with E-state index < -0.39 is 0 Å². The van der Waals surface area contributed by atoms with Gasteiger partial charge in [-0.3, -0.25) is 9.69 Å². The molecule has 3 aliphatic rings. The number of hydrogen-bond donors (Lipinski definition) is 1. The minimum atomic E-state index is 0.156. The van der Waals surface area contributed by atoms with E-state index in [1.807, 2.05) is 12.1 Å². The third-order valence-corrected chi connectivity index (χ3v) is 5.40. The van der Waals surface area contributed by atoms with Crippen LogP contribution >= 0.6 is 0 Å². The second-order valence-corrected chi connectivity index (χ2v) is 7.65. The summed E-state index contributed by atoms with van der Waals surface area (Å²) in [5, 5.41) is 3.32. The normalized spacial score (nSPS) is 24.0. The van der Waals surface area contributed by atoms with Crippen molar-refractivity contribution >= 4 is 5.91 Å². The average Bonchev–Trinajstić information content (AvgIpc) is 3.48. The predicted octanol–water partition coefficient (Wildman–Crippen LogP) is 2.57. The van der Waals surface area contributed by atoms with Crippen molar-refractivity contribution in [2.75, 3.05) is 19.7 Å². The first-order chi connectivity index (χ1) is 11.8. The fraction of sp³-hybridized carbons (Fsp3) is 0.737. The number of carbonyl (C=O) groups is 1. The molecule has 1 aromatic heterocycles. The summed E-state index contributed by atoms with van der Waals surface area (Å²) in [5.74, 6) is 2.53. The van der Waals surface area contributed by atoms with Gasteiger partial charge >= 0.3 is 0 Å². The number of nitrogens with zero attached hydrogens (tertiary/aromatic N) is 1. The Hall–Kier alpha value is -1.33. The molecule has 0 aromatic carbocycles. The molecular formula is C19H28N2O3. The second kappa shape index (κ2) is 7.28. The van der Waals surface area contributed by atoms with Crippen LogP contribution in [0.4, 0.5) is 0 Å². The minimum absolute atomic E-state index is 0.156. The van der Waals surface area contributed by atoms with Crippen LogP contribution in [0, 0.1) is 11.8 Å².